The highest BCUT2D eigenvalue weighted by atomic mass is 19.4. The number of hydrazone groups is 1. The van der Waals surface area contributed by atoms with Crippen molar-refractivity contribution in [3.63, 3.8) is 0 Å². The number of anilines is 1. The zero-order chi connectivity index (χ0) is 17.0. The summed E-state index contributed by atoms with van der Waals surface area (Å²) in [6, 6.07) is 3.06. The second kappa shape index (κ2) is 6.86. The Morgan fingerprint density at radius 2 is 2.22 bits per heavy atom. The summed E-state index contributed by atoms with van der Waals surface area (Å²) >= 11 is 0. The number of hydrogen-bond donors (Lipinski definition) is 3. The van der Waals surface area contributed by atoms with Crippen molar-refractivity contribution in [1.82, 2.24) is 5.43 Å². The van der Waals surface area contributed by atoms with Crippen molar-refractivity contribution in [3.05, 3.63) is 29.3 Å². The van der Waals surface area contributed by atoms with E-state index in [1.807, 2.05) is 0 Å². The summed E-state index contributed by atoms with van der Waals surface area (Å²) in [7, 11) is 0. The molecule has 0 radical (unpaired) electrons. The Hall–Kier alpha value is -2.29. The van der Waals surface area contributed by atoms with Crippen LogP contribution in [0.5, 0.6) is 0 Å². The third-order valence-corrected chi connectivity index (χ3v) is 3.27. The average Bonchev–Trinajstić information content (AvgIpc) is 2.52. The maximum atomic E-state index is 13.3. The van der Waals surface area contributed by atoms with Crippen LogP contribution < -0.4 is 10.7 Å². The first-order valence-corrected chi connectivity index (χ1v) is 6.93. The number of carbonyl (C=O) groups excluding carboxylic acids is 1. The molecule has 1 atom stereocenters. The summed E-state index contributed by atoms with van der Waals surface area (Å²) in [5.74, 6) is -0.562. The van der Waals surface area contributed by atoms with Crippen LogP contribution >= 0.6 is 0 Å². The van der Waals surface area contributed by atoms with Crippen LogP contribution in [0.4, 0.5) is 18.9 Å². The number of rotatable bonds is 5. The van der Waals surface area contributed by atoms with Gasteiger partial charge < -0.3 is 15.2 Å². The Kier molecular flexibility index (Phi) is 5.09. The van der Waals surface area contributed by atoms with Gasteiger partial charge in [-0.3, -0.25) is 4.79 Å². The standard InChI is InChI=1S/C14H16F3N3O3/c1-2-9(6-21)18-11-4-3-8(5-10(11)14(15,16)17)13-20-19-12(22)7-23-13/h3-5,9,18,21H,2,6-7H2,1H3,(H,19,22). The summed E-state index contributed by atoms with van der Waals surface area (Å²) in [5, 5.41) is 15.4. The second-order valence-corrected chi connectivity index (χ2v) is 4.93. The topological polar surface area (TPSA) is 83.0 Å². The molecule has 1 aliphatic rings. The average molecular weight is 331 g/mol. The number of ether oxygens (including phenoxy) is 1. The highest BCUT2D eigenvalue weighted by molar-refractivity contribution is 5.98. The molecule has 1 unspecified atom stereocenters. The number of aliphatic hydroxyl groups excluding tert-OH is 1. The van der Waals surface area contributed by atoms with Crippen molar-refractivity contribution in [1.29, 1.82) is 0 Å². The maximum Gasteiger partial charge on any atom is 0.418 e. The molecule has 1 amide bonds. The lowest BCUT2D eigenvalue weighted by molar-refractivity contribution is -0.137. The smallest absolute Gasteiger partial charge is 0.418 e. The molecular weight excluding hydrogens is 315 g/mol. The van der Waals surface area contributed by atoms with Gasteiger partial charge in [-0.2, -0.15) is 13.2 Å². The molecule has 23 heavy (non-hydrogen) atoms. The van der Waals surface area contributed by atoms with Crippen LogP contribution in [0.1, 0.15) is 24.5 Å². The van der Waals surface area contributed by atoms with E-state index in [1.165, 1.54) is 12.1 Å². The van der Waals surface area contributed by atoms with E-state index in [1.54, 1.807) is 6.92 Å². The van der Waals surface area contributed by atoms with Crippen LogP contribution in [0.15, 0.2) is 23.3 Å². The minimum Gasteiger partial charge on any atom is -0.466 e. The van der Waals surface area contributed by atoms with E-state index in [2.05, 4.69) is 15.8 Å². The predicted octanol–water partition coefficient (Wildman–Crippen LogP) is 1.70. The lowest BCUT2D eigenvalue weighted by Gasteiger charge is -2.21. The van der Waals surface area contributed by atoms with Crippen molar-refractivity contribution < 1.29 is 27.8 Å². The van der Waals surface area contributed by atoms with E-state index < -0.39 is 23.7 Å². The molecule has 6 nitrogen and oxygen atoms in total. The van der Waals surface area contributed by atoms with Crippen LogP contribution in [0, 0.1) is 0 Å². The Balaban J connectivity index is 2.37. The number of hydrogen-bond acceptors (Lipinski definition) is 5. The third-order valence-electron chi connectivity index (χ3n) is 3.27. The lowest BCUT2D eigenvalue weighted by atomic mass is 10.1. The molecule has 126 valence electrons. The minimum atomic E-state index is -4.59. The number of nitrogens with one attached hydrogen (secondary N) is 2. The zero-order valence-electron chi connectivity index (χ0n) is 12.3. The Labute approximate surface area is 130 Å². The van der Waals surface area contributed by atoms with Gasteiger partial charge in [-0.05, 0) is 24.6 Å². The molecule has 0 aromatic heterocycles. The van der Waals surface area contributed by atoms with Crippen molar-refractivity contribution in [2.75, 3.05) is 18.5 Å². The number of alkyl halides is 3. The van der Waals surface area contributed by atoms with Crippen LogP contribution in [-0.2, 0) is 15.7 Å². The minimum absolute atomic E-state index is 0.0872. The van der Waals surface area contributed by atoms with Gasteiger partial charge in [0.15, 0.2) is 6.61 Å². The van der Waals surface area contributed by atoms with Crippen LogP contribution in [0.2, 0.25) is 0 Å². The van der Waals surface area contributed by atoms with Gasteiger partial charge in [0, 0.05) is 17.3 Å². The monoisotopic (exact) mass is 331 g/mol. The van der Waals surface area contributed by atoms with E-state index in [-0.39, 0.29) is 30.4 Å². The highest BCUT2D eigenvalue weighted by Gasteiger charge is 2.35. The lowest BCUT2D eigenvalue weighted by Crippen LogP contribution is -2.32. The Bertz CT molecular complexity index is 613. The second-order valence-electron chi connectivity index (χ2n) is 4.93. The summed E-state index contributed by atoms with van der Waals surface area (Å²) < 4.78 is 44.8. The number of aliphatic hydroxyl groups is 1. The van der Waals surface area contributed by atoms with E-state index >= 15 is 0 Å². The molecule has 2 rings (SSSR count). The molecule has 1 heterocycles. The number of carbonyl (C=O) groups is 1. The van der Waals surface area contributed by atoms with Gasteiger partial charge >= 0.3 is 6.18 Å². The first kappa shape index (κ1) is 17.1. The fraction of sp³-hybridized carbons (Fsp3) is 0.429. The first-order valence-electron chi connectivity index (χ1n) is 6.93. The largest absolute Gasteiger partial charge is 0.466 e. The number of amides is 1. The normalized spacial score (nSPS) is 16.2. The molecule has 0 spiro atoms. The number of benzene rings is 1. The SMILES string of the molecule is CCC(CO)Nc1ccc(C2=NNC(=O)CO2)cc1C(F)(F)F. The van der Waals surface area contributed by atoms with Crippen molar-refractivity contribution in [2.45, 2.75) is 25.6 Å². The van der Waals surface area contributed by atoms with Crippen LogP contribution in [-0.4, -0.2) is 36.2 Å². The molecule has 0 saturated heterocycles. The maximum absolute atomic E-state index is 13.3. The molecule has 0 aliphatic carbocycles. The first-order chi connectivity index (χ1) is 10.8. The Morgan fingerprint density at radius 1 is 1.48 bits per heavy atom. The summed E-state index contributed by atoms with van der Waals surface area (Å²) in [4.78, 5) is 11.0. The summed E-state index contributed by atoms with van der Waals surface area (Å²) in [5.41, 5.74) is 1.21. The van der Waals surface area contributed by atoms with E-state index in [0.29, 0.717) is 6.42 Å². The predicted molar refractivity (Wildman–Crippen MR) is 76.9 cm³/mol. The van der Waals surface area contributed by atoms with Gasteiger partial charge in [0.05, 0.1) is 12.2 Å². The summed E-state index contributed by atoms with van der Waals surface area (Å²) in [6.07, 6.45) is -4.12. The van der Waals surface area contributed by atoms with Gasteiger partial charge in [0.1, 0.15) is 0 Å². The van der Waals surface area contributed by atoms with Gasteiger partial charge in [-0.15, -0.1) is 5.10 Å². The van der Waals surface area contributed by atoms with Gasteiger partial charge in [0.2, 0.25) is 5.90 Å². The zero-order valence-corrected chi connectivity index (χ0v) is 12.3. The van der Waals surface area contributed by atoms with E-state index in [9.17, 15) is 18.0 Å². The third kappa shape index (κ3) is 4.13. The summed E-state index contributed by atoms with van der Waals surface area (Å²) in [6.45, 7) is 1.17. The molecular formula is C14H16F3N3O3. The molecule has 0 fully saturated rings. The van der Waals surface area contributed by atoms with Crippen molar-refractivity contribution in [2.24, 2.45) is 5.10 Å². The Morgan fingerprint density at radius 3 is 2.74 bits per heavy atom. The van der Waals surface area contributed by atoms with E-state index in [4.69, 9.17) is 9.84 Å². The van der Waals surface area contributed by atoms with E-state index in [0.717, 1.165) is 6.07 Å². The molecule has 3 N–H and O–H groups in total. The molecule has 1 aromatic carbocycles. The van der Waals surface area contributed by atoms with Crippen molar-refractivity contribution >= 4 is 17.5 Å². The molecule has 0 bridgehead atoms. The van der Waals surface area contributed by atoms with Crippen LogP contribution in [0.25, 0.3) is 0 Å². The quantitative estimate of drug-likeness (QED) is 0.767. The fourth-order valence-corrected chi connectivity index (χ4v) is 1.99. The van der Waals surface area contributed by atoms with Crippen molar-refractivity contribution in [3.8, 4) is 0 Å². The van der Waals surface area contributed by atoms with Gasteiger partial charge in [-0.1, -0.05) is 6.92 Å². The highest BCUT2D eigenvalue weighted by Crippen LogP contribution is 2.36. The molecule has 1 aliphatic heterocycles. The fourth-order valence-electron chi connectivity index (χ4n) is 1.99. The molecule has 1 aromatic rings. The molecule has 9 heteroatoms. The van der Waals surface area contributed by atoms with Crippen LogP contribution in [0.3, 0.4) is 0 Å². The van der Waals surface area contributed by atoms with Gasteiger partial charge in [-0.25, -0.2) is 5.43 Å². The molecule has 0 saturated carbocycles. The number of halogens is 3. The number of nitrogens with zero attached hydrogens (tertiary/aromatic N) is 1. The van der Waals surface area contributed by atoms with Gasteiger partial charge in [0.25, 0.3) is 5.91 Å².